The predicted octanol–water partition coefficient (Wildman–Crippen LogP) is 4.82. The number of likely N-dealkylation sites (tertiary alicyclic amines) is 1. The number of amides is 3. The Labute approximate surface area is 229 Å². The van der Waals surface area contributed by atoms with Crippen LogP contribution in [0.3, 0.4) is 0 Å². The van der Waals surface area contributed by atoms with E-state index in [4.69, 9.17) is 16.3 Å². The van der Waals surface area contributed by atoms with Gasteiger partial charge in [-0.05, 0) is 64.0 Å². The van der Waals surface area contributed by atoms with Gasteiger partial charge in [-0.2, -0.15) is 0 Å². The lowest BCUT2D eigenvalue weighted by atomic mass is 9.84. The number of carbonyl (C=O) groups excluding carboxylic acids is 2. The van der Waals surface area contributed by atoms with E-state index in [2.05, 4.69) is 20.7 Å². The van der Waals surface area contributed by atoms with Gasteiger partial charge in [0.15, 0.2) is 0 Å². The third-order valence-corrected chi connectivity index (χ3v) is 7.78. The van der Waals surface area contributed by atoms with E-state index in [1.165, 1.54) is 13.2 Å². The molecule has 0 spiro atoms. The minimum Gasteiger partial charge on any atom is -0.453 e. The number of rotatable bonds is 11. The molecule has 1 saturated carbocycles. The van der Waals surface area contributed by atoms with Gasteiger partial charge in [0, 0.05) is 43.7 Å². The number of urea groups is 1. The number of nitrogens with zero attached hydrogens (tertiary/aromatic N) is 1. The standard InChI is InChI=1S/C27H41ClF2N4O4/c1-31-16-21(15-18-8-10-20(29)11-9-18)33-26(35)34-13-4-5-19(17-34)25(38-14-12-32-27(36)37-2)22-6-3-7-23(28)24(22)30/h3,6-7,18-21,25,31H,4-5,8-17H2,1-2H3,(H,32,36)(H,33,35)/t18?,19-,20?,21+,25?/m1/s1. The minimum absolute atomic E-state index is 0.00546. The van der Waals surface area contributed by atoms with Crippen LogP contribution in [0.15, 0.2) is 18.2 Å². The van der Waals surface area contributed by atoms with Crippen LogP contribution in [-0.4, -0.2) is 76.2 Å². The van der Waals surface area contributed by atoms with Crippen LogP contribution in [0.4, 0.5) is 18.4 Å². The van der Waals surface area contributed by atoms with Crippen molar-refractivity contribution in [3.63, 3.8) is 0 Å². The van der Waals surface area contributed by atoms with Gasteiger partial charge in [-0.1, -0.05) is 23.7 Å². The number of alkyl halides is 1. The van der Waals surface area contributed by atoms with Crippen LogP contribution in [0.1, 0.15) is 56.6 Å². The predicted molar refractivity (Wildman–Crippen MR) is 143 cm³/mol. The van der Waals surface area contributed by atoms with Crippen LogP contribution in [0, 0.1) is 17.7 Å². The molecule has 214 valence electrons. The fraction of sp³-hybridized carbons (Fsp3) is 0.704. The third-order valence-electron chi connectivity index (χ3n) is 7.49. The summed E-state index contributed by atoms with van der Waals surface area (Å²) in [5, 5.41) is 8.89. The first-order chi connectivity index (χ1) is 18.3. The zero-order valence-electron chi connectivity index (χ0n) is 22.3. The number of hydrogen-bond acceptors (Lipinski definition) is 5. The lowest BCUT2D eigenvalue weighted by Crippen LogP contribution is -2.52. The van der Waals surface area contributed by atoms with Crippen molar-refractivity contribution >= 4 is 23.7 Å². The molecule has 0 bridgehead atoms. The van der Waals surface area contributed by atoms with Gasteiger partial charge in [-0.3, -0.25) is 0 Å². The fourth-order valence-corrected chi connectivity index (χ4v) is 5.72. The third kappa shape index (κ3) is 8.95. The number of nitrogens with one attached hydrogen (secondary N) is 3. The van der Waals surface area contributed by atoms with E-state index in [0.717, 1.165) is 32.1 Å². The summed E-state index contributed by atoms with van der Waals surface area (Å²) in [6.07, 6.45) is 3.25. The van der Waals surface area contributed by atoms with Gasteiger partial charge in [0.05, 0.1) is 24.8 Å². The molecule has 3 N–H and O–H groups in total. The fourth-order valence-electron chi connectivity index (χ4n) is 5.54. The van der Waals surface area contributed by atoms with Gasteiger partial charge in [-0.25, -0.2) is 18.4 Å². The molecule has 1 aliphatic carbocycles. The van der Waals surface area contributed by atoms with Crippen LogP contribution in [0.5, 0.6) is 0 Å². The van der Waals surface area contributed by atoms with Gasteiger partial charge < -0.3 is 30.3 Å². The first-order valence-electron chi connectivity index (χ1n) is 13.5. The summed E-state index contributed by atoms with van der Waals surface area (Å²) in [5.41, 5.74) is 0.333. The second-order valence-electron chi connectivity index (χ2n) is 10.3. The zero-order valence-corrected chi connectivity index (χ0v) is 23.1. The van der Waals surface area contributed by atoms with Gasteiger partial charge >= 0.3 is 12.1 Å². The van der Waals surface area contributed by atoms with Gasteiger partial charge in [0.1, 0.15) is 12.0 Å². The van der Waals surface area contributed by atoms with E-state index in [0.29, 0.717) is 44.0 Å². The highest BCUT2D eigenvalue weighted by Crippen LogP contribution is 2.36. The topological polar surface area (TPSA) is 91.9 Å². The maximum Gasteiger partial charge on any atom is 0.406 e. The SMILES string of the molecule is CNC[C@H](CC1CCC(F)CC1)NC(=O)N1CCC[C@@H](C(OCCNC(=O)OC)c2cccc(Cl)c2F)C1. The van der Waals surface area contributed by atoms with Crippen LogP contribution >= 0.6 is 11.6 Å². The van der Waals surface area contributed by atoms with Crippen molar-refractivity contribution in [3.8, 4) is 0 Å². The van der Waals surface area contributed by atoms with Gasteiger partial charge in [0.2, 0.25) is 0 Å². The first-order valence-corrected chi connectivity index (χ1v) is 13.9. The maximum atomic E-state index is 15.0. The smallest absolute Gasteiger partial charge is 0.406 e. The maximum absolute atomic E-state index is 15.0. The van der Waals surface area contributed by atoms with Crippen molar-refractivity contribution in [1.82, 2.24) is 20.9 Å². The second kappa shape index (κ2) is 15.4. The Balaban J connectivity index is 1.65. The molecule has 1 aromatic carbocycles. The Morgan fingerprint density at radius 2 is 1.97 bits per heavy atom. The number of benzene rings is 1. The molecule has 3 rings (SSSR count). The summed E-state index contributed by atoms with van der Waals surface area (Å²) < 4.78 is 39.3. The Morgan fingerprint density at radius 1 is 1.21 bits per heavy atom. The Bertz CT molecular complexity index is 904. The highest BCUT2D eigenvalue weighted by molar-refractivity contribution is 6.30. The van der Waals surface area contributed by atoms with Crippen molar-refractivity contribution in [1.29, 1.82) is 0 Å². The Morgan fingerprint density at radius 3 is 2.68 bits per heavy atom. The van der Waals surface area contributed by atoms with Gasteiger partial charge in [-0.15, -0.1) is 0 Å². The molecule has 3 atom stereocenters. The summed E-state index contributed by atoms with van der Waals surface area (Å²) in [6.45, 7) is 1.95. The highest BCUT2D eigenvalue weighted by Gasteiger charge is 2.34. The average Bonchev–Trinajstić information content (AvgIpc) is 2.92. The number of piperidine rings is 1. The van der Waals surface area contributed by atoms with E-state index in [-0.39, 0.29) is 36.2 Å². The molecule has 38 heavy (non-hydrogen) atoms. The molecule has 3 amide bonds. The highest BCUT2D eigenvalue weighted by atomic mass is 35.5. The molecule has 2 fully saturated rings. The number of hydrogen-bond donors (Lipinski definition) is 3. The first kappa shape index (κ1) is 30.4. The Kier molecular flexibility index (Phi) is 12.3. The summed E-state index contributed by atoms with van der Waals surface area (Å²) in [5.74, 6) is -0.307. The van der Waals surface area contributed by atoms with Crippen LogP contribution in [-0.2, 0) is 9.47 Å². The molecule has 8 nitrogen and oxygen atoms in total. The number of methoxy groups -OCH3 is 1. The molecule has 1 aliphatic heterocycles. The quantitative estimate of drug-likeness (QED) is 0.339. The number of alkyl carbamates (subject to hydrolysis) is 1. The summed E-state index contributed by atoms with van der Waals surface area (Å²) in [7, 11) is 3.13. The molecule has 0 radical (unpaired) electrons. The number of carbonyl (C=O) groups is 2. The lowest BCUT2D eigenvalue weighted by Gasteiger charge is -2.38. The summed E-state index contributed by atoms with van der Waals surface area (Å²) >= 11 is 6.07. The number of likely N-dealkylation sites (N-methyl/N-ethyl adjacent to an activating group) is 1. The largest absolute Gasteiger partial charge is 0.453 e. The van der Waals surface area contributed by atoms with Crippen molar-refractivity contribution in [2.45, 2.75) is 63.3 Å². The molecule has 1 saturated heterocycles. The molecule has 1 aromatic rings. The van der Waals surface area contributed by atoms with Crippen LogP contribution < -0.4 is 16.0 Å². The van der Waals surface area contributed by atoms with E-state index in [1.54, 1.807) is 17.0 Å². The molecule has 2 aliphatic rings. The normalized spacial score (nSPS) is 23.4. The second-order valence-corrected chi connectivity index (χ2v) is 10.7. The molecule has 1 unspecified atom stereocenters. The average molecular weight is 559 g/mol. The van der Waals surface area contributed by atoms with E-state index < -0.39 is 24.2 Å². The summed E-state index contributed by atoms with van der Waals surface area (Å²) in [6, 6.07) is 4.59. The van der Waals surface area contributed by atoms with E-state index in [9.17, 15) is 14.0 Å². The van der Waals surface area contributed by atoms with Crippen LogP contribution in [0.25, 0.3) is 0 Å². The van der Waals surface area contributed by atoms with Crippen molar-refractivity contribution in [2.24, 2.45) is 11.8 Å². The van der Waals surface area contributed by atoms with Crippen molar-refractivity contribution < 1.29 is 27.8 Å². The monoisotopic (exact) mass is 558 g/mol. The van der Waals surface area contributed by atoms with E-state index >= 15 is 4.39 Å². The van der Waals surface area contributed by atoms with Crippen molar-refractivity contribution in [3.05, 3.63) is 34.6 Å². The van der Waals surface area contributed by atoms with Gasteiger partial charge in [0.25, 0.3) is 0 Å². The molecular weight excluding hydrogens is 518 g/mol. The van der Waals surface area contributed by atoms with E-state index in [1.807, 2.05) is 7.05 Å². The zero-order chi connectivity index (χ0) is 27.5. The Hall–Kier alpha value is -2.17. The lowest BCUT2D eigenvalue weighted by molar-refractivity contribution is -0.0106. The van der Waals surface area contributed by atoms with Crippen LogP contribution in [0.2, 0.25) is 5.02 Å². The minimum atomic E-state index is -0.704. The number of halogens is 3. The molecular formula is C27H41ClF2N4O4. The molecule has 11 heteroatoms. The molecule has 0 aromatic heterocycles. The summed E-state index contributed by atoms with van der Waals surface area (Å²) in [4.78, 5) is 26.4. The molecule has 1 heterocycles. The van der Waals surface area contributed by atoms with Crippen molar-refractivity contribution in [2.75, 3.05) is 46.9 Å². The number of ether oxygens (including phenoxy) is 2.